The van der Waals surface area contributed by atoms with Gasteiger partial charge in [-0.2, -0.15) is 5.10 Å². The number of thiazole rings is 1. The molecule has 0 aliphatic carbocycles. The lowest BCUT2D eigenvalue weighted by Crippen LogP contribution is -2.46. The third-order valence-corrected chi connectivity index (χ3v) is 15.9. The molecule has 1 atom stereocenters. The predicted octanol–water partition coefficient (Wildman–Crippen LogP) is 10.8. The van der Waals surface area contributed by atoms with E-state index in [4.69, 9.17) is 19.6 Å². The van der Waals surface area contributed by atoms with Crippen LogP contribution in [0.4, 0.5) is 16.6 Å². The van der Waals surface area contributed by atoms with Crippen LogP contribution >= 0.6 is 11.3 Å². The normalized spacial score (nSPS) is 16.2. The van der Waals surface area contributed by atoms with E-state index in [-0.39, 0.29) is 23.4 Å². The lowest BCUT2D eigenvalue weighted by molar-refractivity contribution is -0.134. The maximum atomic E-state index is 14.0. The summed E-state index contributed by atoms with van der Waals surface area (Å²) >= 11 is 1.45. The molecule has 0 radical (unpaired) electrons. The van der Waals surface area contributed by atoms with E-state index in [9.17, 15) is 19.2 Å². The van der Waals surface area contributed by atoms with E-state index >= 15 is 0 Å². The molecule has 3 aromatic heterocycles. The second kappa shape index (κ2) is 23.0. The molecule has 0 saturated carbocycles. The molecule has 0 bridgehead atoms. The number of ether oxygens (including phenoxy) is 2. The summed E-state index contributed by atoms with van der Waals surface area (Å²) in [6.45, 7) is 14.4. The van der Waals surface area contributed by atoms with Crippen molar-refractivity contribution in [2.75, 3.05) is 61.0 Å². The largest absolute Gasteiger partial charge is 0.493 e. The van der Waals surface area contributed by atoms with Gasteiger partial charge in [-0.25, -0.2) is 14.8 Å². The molecule has 2 fully saturated rings. The van der Waals surface area contributed by atoms with Crippen molar-refractivity contribution in [2.45, 2.75) is 110 Å². The van der Waals surface area contributed by atoms with Gasteiger partial charge in [-0.1, -0.05) is 92.0 Å². The Kier molecular flexibility index (Phi) is 15.8. The van der Waals surface area contributed by atoms with Crippen molar-refractivity contribution in [3.05, 3.63) is 125 Å². The van der Waals surface area contributed by atoms with E-state index in [1.54, 1.807) is 0 Å². The number of carbonyl (C=O) groups is 4. The minimum Gasteiger partial charge on any atom is -0.493 e. The van der Waals surface area contributed by atoms with Gasteiger partial charge in [-0.05, 0) is 125 Å². The first-order valence-corrected chi connectivity index (χ1v) is 27.9. The number of fused-ring (bicyclic) bond motifs is 3. The van der Waals surface area contributed by atoms with E-state index in [1.807, 2.05) is 112 Å². The average Bonchev–Trinajstić information content (AvgIpc) is 3.99. The van der Waals surface area contributed by atoms with Gasteiger partial charge in [0.15, 0.2) is 10.8 Å². The van der Waals surface area contributed by atoms with Crippen molar-refractivity contribution in [1.29, 1.82) is 0 Å². The lowest BCUT2D eigenvalue weighted by Gasteiger charge is -2.36. The second-order valence-electron chi connectivity index (χ2n) is 21.4. The number of anilines is 3. The van der Waals surface area contributed by atoms with Gasteiger partial charge in [0, 0.05) is 69.3 Å². The van der Waals surface area contributed by atoms with Gasteiger partial charge >= 0.3 is 5.97 Å². The quantitative estimate of drug-likeness (QED) is 0.0476. The number of nitrogens with zero attached hydrogens (tertiary/aromatic N) is 7. The summed E-state index contributed by atoms with van der Waals surface area (Å²) in [6.07, 6.45) is 9.62. The molecule has 3 aliphatic heterocycles. The molecule has 4 aromatic carbocycles. The first-order valence-electron chi connectivity index (χ1n) is 27.0. The zero-order chi connectivity index (χ0) is 52.9. The summed E-state index contributed by atoms with van der Waals surface area (Å²) in [7, 11) is 1.95. The Bertz CT molecular complexity index is 3250. The highest BCUT2D eigenvalue weighted by Gasteiger charge is 2.33. The summed E-state index contributed by atoms with van der Waals surface area (Å²) in [5, 5.41) is 11.9. The molecule has 10 rings (SSSR count). The molecule has 1 unspecified atom stereocenters. The molecular weight excluding hydrogens is 975 g/mol. The number of amides is 3. The number of nitrogens with one attached hydrogen (secondary N) is 2. The van der Waals surface area contributed by atoms with Crippen molar-refractivity contribution in [3.8, 4) is 16.9 Å². The van der Waals surface area contributed by atoms with E-state index in [0.29, 0.717) is 54.6 Å². The molecule has 2 N–H and O–H groups in total. The summed E-state index contributed by atoms with van der Waals surface area (Å²) in [5.74, 6) is -0.157. The zero-order valence-electron chi connectivity index (χ0n) is 44.5. The SMILES string of the molecule is Cc1c(OCCCCCCCCCN2CCN(c3cccc4c(C5CCC(=O)NC5=O)nn(C)c34)CC2)cccc1-c1ccc(N2CCc3cccc(C(=O)Nc4nc5ccccc5s4)c3C2)nc1C(=O)OC(C)(C)C. The number of unbranched alkanes of at least 4 members (excludes halogenated alkanes) is 6. The Morgan fingerprint density at radius 3 is 2.34 bits per heavy atom. The number of aromatic nitrogens is 4. The third kappa shape index (κ3) is 11.8. The van der Waals surface area contributed by atoms with Crippen molar-refractivity contribution in [3.63, 3.8) is 0 Å². The fourth-order valence-electron chi connectivity index (χ4n) is 11.0. The van der Waals surface area contributed by atoms with Gasteiger partial charge in [0.1, 0.15) is 17.2 Å². The van der Waals surface area contributed by atoms with E-state index in [1.165, 1.54) is 43.4 Å². The van der Waals surface area contributed by atoms with Gasteiger partial charge in [0.2, 0.25) is 11.8 Å². The van der Waals surface area contributed by atoms with Crippen molar-refractivity contribution < 1.29 is 28.7 Å². The molecule has 6 heterocycles. The van der Waals surface area contributed by atoms with Crippen LogP contribution in [0, 0.1) is 6.92 Å². The monoisotopic (exact) mass is 1040 g/mol. The van der Waals surface area contributed by atoms with Gasteiger partial charge in [0.05, 0.1) is 39.6 Å². The van der Waals surface area contributed by atoms with Gasteiger partial charge < -0.3 is 19.3 Å². The molecule has 15 nitrogen and oxygen atoms in total. The first-order chi connectivity index (χ1) is 36.8. The average molecular weight is 1040 g/mol. The summed E-state index contributed by atoms with van der Waals surface area (Å²) in [4.78, 5) is 69.1. The highest BCUT2D eigenvalue weighted by atomic mass is 32.1. The molecule has 7 aromatic rings. The molecule has 0 spiro atoms. The van der Waals surface area contributed by atoms with Gasteiger partial charge in [-0.3, -0.25) is 34.6 Å². The van der Waals surface area contributed by atoms with Crippen molar-refractivity contribution in [1.82, 2.24) is 30.0 Å². The van der Waals surface area contributed by atoms with Crippen LogP contribution in [0.2, 0.25) is 0 Å². The third-order valence-electron chi connectivity index (χ3n) is 14.9. The second-order valence-corrected chi connectivity index (χ2v) is 22.4. The summed E-state index contributed by atoms with van der Waals surface area (Å²) in [5.41, 5.74) is 8.42. The van der Waals surface area contributed by atoms with Crippen LogP contribution in [0.25, 0.3) is 32.2 Å². The van der Waals surface area contributed by atoms with Crippen LogP contribution < -0.4 is 25.2 Å². The fraction of sp³-hybridized carbons (Fsp3) is 0.417. The molecule has 3 aliphatic rings. The standard InChI is InChI=1S/C60H69N9O6S/c1-39-41(42-26-28-51(62-54(42)58(73)75-60(2,3)4)69-32-30-40-18-15-20-43(46(40)38-69)56(71)64-59-61-47-22-11-12-25-50(47)76-59)19-17-24-49(39)74-37-14-10-8-6-7-9-13-31-67-33-35-68(36-34-67)48-23-16-21-44-53(65-66(5)55(44)48)45-27-29-52(70)63-57(45)72/h11-12,15-26,28,45H,6-10,13-14,27,29-38H2,1-5H3,(H,61,64,71)(H,63,70,72). The van der Waals surface area contributed by atoms with Crippen molar-refractivity contribution >= 4 is 72.8 Å². The van der Waals surface area contributed by atoms with Crippen LogP contribution in [0.1, 0.15) is 128 Å². The van der Waals surface area contributed by atoms with Crippen LogP contribution in [0.3, 0.4) is 0 Å². The minimum absolute atomic E-state index is 0.206. The number of rotatable bonds is 18. The number of pyridine rings is 1. The number of benzene rings is 4. The molecular formula is C60H69N9O6S. The lowest BCUT2D eigenvalue weighted by atomic mass is 9.92. The van der Waals surface area contributed by atoms with E-state index in [2.05, 4.69) is 48.5 Å². The number of carbonyl (C=O) groups excluding carboxylic acids is 4. The number of piperidine rings is 1. The summed E-state index contributed by atoms with van der Waals surface area (Å²) < 4.78 is 15.3. The smallest absolute Gasteiger partial charge is 0.358 e. The van der Waals surface area contributed by atoms with E-state index in [0.717, 1.165) is 112 Å². The summed E-state index contributed by atoms with van der Waals surface area (Å²) in [6, 6.07) is 29.9. The Morgan fingerprint density at radius 2 is 1.55 bits per heavy atom. The highest BCUT2D eigenvalue weighted by Crippen LogP contribution is 2.37. The number of hydrogen-bond donors (Lipinski definition) is 2. The van der Waals surface area contributed by atoms with Crippen LogP contribution in [0.5, 0.6) is 5.75 Å². The topological polar surface area (TPSA) is 164 Å². The first kappa shape index (κ1) is 52.3. The maximum absolute atomic E-state index is 14.0. The minimum atomic E-state index is -0.728. The predicted molar refractivity (Wildman–Crippen MR) is 301 cm³/mol. The van der Waals surface area contributed by atoms with Crippen LogP contribution in [-0.4, -0.2) is 99.8 Å². The number of esters is 1. The van der Waals surface area contributed by atoms with E-state index < -0.39 is 17.5 Å². The highest BCUT2D eigenvalue weighted by molar-refractivity contribution is 7.22. The number of para-hydroxylation sites is 2. The molecule has 2 saturated heterocycles. The molecule has 3 amide bonds. The Labute approximate surface area is 449 Å². The van der Waals surface area contributed by atoms with Gasteiger partial charge in [0.25, 0.3) is 5.91 Å². The molecule has 76 heavy (non-hydrogen) atoms. The zero-order valence-corrected chi connectivity index (χ0v) is 45.3. The van der Waals surface area contributed by atoms with Crippen LogP contribution in [0.15, 0.2) is 91.0 Å². The van der Waals surface area contributed by atoms with Crippen molar-refractivity contribution in [2.24, 2.45) is 7.05 Å². The number of aryl methyl sites for hydroxylation is 1. The number of piperazine rings is 1. The Balaban J connectivity index is 0.688. The number of imide groups is 1. The molecule has 396 valence electrons. The maximum Gasteiger partial charge on any atom is 0.358 e. The Morgan fingerprint density at radius 1 is 0.789 bits per heavy atom. The van der Waals surface area contributed by atoms with Gasteiger partial charge in [-0.15, -0.1) is 0 Å². The number of hydrogen-bond acceptors (Lipinski definition) is 13. The molecule has 16 heteroatoms. The Hall–Kier alpha value is -7.17. The van der Waals surface area contributed by atoms with Crippen LogP contribution in [-0.2, 0) is 34.3 Å². The fourth-order valence-corrected chi connectivity index (χ4v) is 11.9.